The molecule has 3 heteroatoms. The Morgan fingerprint density at radius 3 is 2.67 bits per heavy atom. The molecule has 4 atom stereocenters. The van der Waals surface area contributed by atoms with Crippen molar-refractivity contribution in [3.8, 4) is 0 Å². The summed E-state index contributed by atoms with van der Waals surface area (Å²) in [5.74, 6) is 0. The molecular weight excluding hydrogens is 154 g/mol. The number of ether oxygens (including phenoxy) is 1. The second kappa shape index (κ2) is 2.69. The molecule has 3 N–H and O–H groups in total. The van der Waals surface area contributed by atoms with E-state index in [1.807, 2.05) is 6.92 Å². The molecule has 70 valence electrons. The third-order valence-corrected chi connectivity index (χ3v) is 3.57. The number of hydrogen-bond acceptors (Lipinski definition) is 3. The lowest BCUT2D eigenvalue weighted by Gasteiger charge is -2.36. The number of nitrogens with two attached hydrogens (primary N) is 1. The number of hydrogen-bond donors (Lipinski definition) is 2. The van der Waals surface area contributed by atoms with Crippen molar-refractivity contribution >= 4 is 0 Å². The van der Waals surface area contributed by atoms with Crippen LogP contribution in [0.25, 0.3) is 0 Å². The van der Waals surface area contributed by atoms with E-state index in [9.17, 15) is 5.11 Å². The Morgan fingerprint density at radius 1 is 1.67 bits per heavy atom. The quantitative estimate of drug-likeness (QED) is 0.626. The van der Waals surface area contributed by atoms with Crippen molar-refractivity contribution in [1.29, 1.82) is 0 Å². The second-order valence-electron chi connectivity index (χ2n) is 4.14. The van der Waals surface area contributed by atoms with E-state index in [0.29, 0.717) is 12.6 Å². The molecule has 2 fully saturated rings. The van der Waals surface area contributed by atoms with Gasteiger partial charge in [-0.2, -0.15) is 0 Å². The Hall–Kier alpha value is -0.120. The summed E-state index contributed by atoms with van der Waals surface area (Å²) in [6.45, 7) is 2.38. The maximum atomic E-state index is 9.66. The predicted octanol–water partition coefficient (Wildman–Crippen LogP) is 0.264. The SMILES string of the molecule is CC(O)C1(CN)CC2CCC1O2. The summed E-state index contributed by atoms with van der Waals surface area (Å²) >= 11 is 0. The van der Waals surface area contributed by atoms with Crippen LogP contribution in [-0.2, 0) is 4.74 Å². The topological polar surface area (TPSA) is 55.5 Å². The Kier molecular flexibility index (Phi) is 1.90. The molecule has 0 aromatic rings. The molecule has 2 heterocycles. The molecule has 3 nitrogen and oxygen atoms in total. The zero-order chi connectivity index (χ0) is 8.77. The molecule has 2 aliphatic heterocycles. The zero-order valence-corrected chi connectivity index (χ0v) is 7.49. The minimum Gasteiger partial charge on any atom is -0.393 e. The van der Waals surface area contributed by atoms with Crippen LogP contribution < -0.4 is 5.73 Å². The average Bonchev–Trinajstić information content (AvgIpc) is 2.62. The minimum absolute atomic E-state index is 0.136. The van der Waals surface area contributed by atoms with Gasteiger partial charge in [0, 0.05) is 12.0 Å². The Bertz CT molecular complexity index is 183. The molecule has 2 rings (SSSR count). The Balaban J connectivity index is 2.19. The highest BCUT2D eigenvalue weighted by Crippen LogP contribution is 2.48. The standard InChI is InChI=1S/C9H17NO2/c1-6(11)9(5-10)4-7-2-3-8(9)12-7/h6-8,11H,2-5,10H2,1H3. The summed E-state index contributed by atoms with van der Waals surface area (Å²) in [5, 5.41) is 9.66. The molecule has 2 bridgehead atoms. The lowest BCUT2D eigenvalue weighted by atomic mass is 9.70. The fraction of sp³-hybridized carbons (Fsp3) is 1.00. The number of aliphatic hydroxyl groups excluding tert-OH is 1. The molecule has 0 aromatic heterocycles. The molecule has 0 amide bonds. The lowest BCUT2D eigenvalue weighted by Crippen LogP contribution is -2.47. The molecular formula is C9H17NO2. The summed E-state index contributed by atoms with van der Waals surface area (Å²) < 4.78 is 5.70. The van der Waals surface area contributed by atoms with Crippen LogP contribution in [0.3, 0.4) is 0 Å². The molecule has 12 heavy (non-hydrogen) atoms. The van der Waals surface area contributed by atoms with E-state index in [1.165, 1.54) is 0 Å². The Labute approximate surface area is 72.9 Å². The van der Waals surface area contributed by atoms with Gasteiger partial charge in [-0.25, -0.2) is 0 Å². The fourth-order valence-corrected chi connectivity index (χ4v) is 2.66. The molecule has 2 aliphatic rings. The highest BCUT2D eigenvalue weighted by atomic mass is 16.5. The smallest absolute Gasteiger partial charge is 0.0673 e. The van der Waals surface area contributed by atoms with Gasteiger partial charge in [0.1, 0.15) is 0 Å². The maximum Gasteiger partial charge on any atom is 0.0673 e. The first kappa shape index (κ1) is 8.48. The number of fused-ring (bicyclic) bond motifs is 2. The highest BCUT2D eigenvalue weighted by molar-refractivity contribution is 5.03. The van der Waals surface area contributed by atoms with Gasteiger partial charge in [0.25, 0.3) is 0 Å². The first-order valence-electron chi connectivity index (χ1n) is 4.72. The normalized spacial score (nSPS) is 48.2. The van der Waals surface area contributed by atoms with E-state index >= 15 is 0 Å². The highest BCUT2D eigenvalue weighted by Gasteiger charge is 2.54. The summed E-state index contributed by atoms with van der Waals surface area (Å²) in [7, 11) is 0. The van der Waals surface area contributed by atoms with Gasteiger partial charge in [0.15, 0.2) is 0 Å². The second-order valence-corrected chi connectivity index (χ2v) is 4.14. The monoisotopic (exact) mass is 171 g/mol. The largest absolute Gasteiger partial charge is 0.393 e. The van der Waals surface area contributed by atoms with Crippen LogP contribution in [-0.4, -0.2) is 30.0 Å². The van der Waals surface area contributed by atoms with Crippen LogP contribution >= 0.6 is 0 Å². The minimum atomic E-state index is -0.335. The van der Waals surface area contributed by atoms with E-state index < -0.39 is 0 Å². The van der Waals surface area contributed by atoms with Crippen molar-refractivity contribution in [3.05, 3.63) is 0 Å². The molecule has 0 aromatic carbocycles. The molecule has 0 saturated carbocycles. The van der Waals surface area contributed by atoms with Crippen LogP contribution in [0.1, 0.15) is 26.2 Å². The maximum absolute atomic E-state index is 9.66. The third kappa shape index (κ3) is 0.934. The van der Waals surface area contributed by atoms with E-state index in [2.05, 4.69) is 0 Å². The van der Waals surface area contributed by atoms with Gasteiger partial charge >= 0.3 is 0 Å². The molecule has 0 aliphatic carbocycles. The summed E-state index contributed by atoms with van der Waals surface area (Å²) in [4.78, 5) is 0. The fourth-order valence-electron chi connectivity index (χ4n) is 2.66. The Morgan fingerprint density at radius 2 is 2.42 bits per heavy atom. The van der Waals surface area contributed by atoms with Crippen LogP contribution in [0.4, 0.5) is 0 Å². The van der Waals surface area contributed by atoms with Gasteiger partial charge in [-0.05, 0) is 26.2 Å². The van der Waals surface area contributed by atoms with Crippen LogP contribution in [0.15, 0.2) is 0 Å². The molecule has 0 spiro atoms. The van der Waals surface area contributed by atoms with Crippen molar-refractivity contribution < 1.29 is 9.84 Å². The summed E-state index contributed by atoms with van der Waals surface area (Å²) in [6.07, 6.45) is 3.43. The zero-order valence-electron chi connectivity index (χ0n) is 7.49. The predicted molar refractivity (Wildman–Crippen MR) is 45.7 cm³/mol. The number of aliphatic hydroxyl groups is 1. The summed E-state index contributed by atoms with van der Waals surface area (Å²) in [6, 6.07) is 0. The average molecular weight is 171 g/mol. The van der Waals surface area contributed by atoms with Crippen molar-refractivity contribution in [1.82, 2.24) is 0 Å². The molecule has 4 unspecified atom stereocenters. The lowest BCUT2D eigenvalue weighted by molar-refractivity contribution is -0.0147. The van der Waals surface area contributed by atoms with E-state index in [0.717, 1.165) is 19.3 Å². The van der Waals surface area contributed by atoms with Crippen LogP contribution in [0.2, 0.25) is 0 Å². The molecule has 2 saturated heterocycles. The molecule has 0 radical (unpaired) electrons. The van der Waals surface area contributed by atoms with Crippen molar-refractivity contribution in [2.75, 3.05) is 6.54 Å². The van der Waals surface area contributed by atoms with Gasteiger partial charge in [-0.1, -0.05) is 0 Å². The van der Waals surface area contributed by atoms with Gasteiger partial charge in [-0.3, -0.25) is 0 Å². The summed E-state index contributed by atoms with van der Waals surface area (Å²) in [5.41, 5.74) is 5.58. The van der Waals surface area contributed by atoms with Gasteiger partial charge in [-0.15, -0.1) is 0 Å². The van der Waals surface area contributed by atoms with Gasteiger partial charge in [0.05, 0.1) is 18.3 Å². The van der Waals surface area contributed by atoms with Crippen molar-refractivity contribution in [3.63, 3.8) is 0 Å². The van der Waals surface area contributed by atoms with Crippen LogP contribution in [0, 0.1) is 5.41 Å². The van der Waals surface area contributed by atoms with Crippen molar-refractivity contribution in [2.45, 2.75) is 44.5 Å². The van der Waals surface area contributed by atoms with E-state index in [1.54, 1.807) is 0 Å². The number of rotatable bonds is 2. The van der Waals surface area contributed by atoms with Gasteiger partial charge in [0.2, 0.25) is 0 Å². The van der Waals surface area contributed by atoms with Crippen molar-refractivity contribution in [2.24, 2.45) is 11.1 Å². The van der Waals surface area contributed by atoms with Gasteiger partial charge < -0.3 is 15.6 Å². The first-order chi connectivity index (χ1) is 5.69. The third-order valence-electron chi connectivity index (χ3n) is 3.57. The first-order valence-corrected chi connectivity index (χ1v) is 4.72. The van der Waals surface area contributed by atoms with E-state index in [-0.39, 0.29) is 17.6 Å². The van der Waals surface area contributed by atoms with Crippen LogP contribution in [0.5, 0.6) is 0 Å². The van der Waals surface area contributed by atoms with E-state index in [4.69, 9.17) is 10.5 Å².